The van der Waals surface area contributed by atoms with Gasteiger partial charge in [-0.1, -0.05) is 32.0 Å². The summed E-state index contributed by atoms with van der Waals surface area (Å²) in [7, 11) is 0. The van der Waals surface area contributed by atoms with Crippen LogP contribution in [-0.2, 0) is 33.4 Å². The maximum absolute atomic E-state index is 13.2. The van der Waals surface area contributed by atoms with Gasteiger partial charge in [0.15, 0.2) is 6.61 Å². The highest BCUT2D eigenvalue weighted by molar-refractivity contribution is 6.06. The number of para-hydroxylation sites is 1. The van der Waals surface area contributed by atoms with Gasteiger partial charge in [-0.25, -0.2) is 9.59 Å². The fourth-order valence-electron chi connectivity index (χ4n) is 3.86. The minimum atomic E-state index is -1.39. The number of esters is 3. The highest BCUT2D eigenvalue weighted by Crippen LogP contribution is 2.33. The molecule has 0 radical (unpaired) electrons. The lowest BCUT2D eigenvalue weighted by atomic mass is 9.85. The van der Waals surface area contributed by atoms with Crippen LogP contribution in [0.3, 0.4) is 0 Å². The molecule has 35 heavy (non-hydrogen) atoms. The summed E-state index contributed by atoms with van der Waals surface area (Å²) in [5, 5.41) is 5.71. The summed E-state index contributed by atoms with van der Waals surface area (Å²) in [4.78, 5) is 51.2. The first kappa shape index (κ1) is 27.6. The van der Waals surface area contributed by atoms with Crippen LogP contribution in [0.2, 0.25) is 0 Å². The van der Waals surface area contributed by atoms with Crippen molar-refractivity contribution in [1.29, 1.82) is 0 Å². The van der Waals surface area contributed by atoms with Crippen LogP contribution in [0.25, 0.3) is 0 Å². The lowest BCUT2D eigenvalue weighted by molar-refractivity contribution is -0.153. The smallest absolute Gasteiger partial charge is 0.337 e. The molecule has 0 bridgehead atoms. The zero-order chi connectivity index (χ0) is 26.1. The zero-order valence-electron chi connectivity index (χ0n) is 21.2. The van der Waals surface area contributed by atoms with Crippen molar-refractivity contribution < 1.29 is 33.4 Å². The summed E-state index contributed by atoms with van der Waals surface area (Å²) in [6, 6.07) is 7.42. The molecule has 1 aromatic rings. The number of allylic oxidation sites excluding steroid dienone is 2. The first-order chi connectivity index (χ1) is 16.7. The highest BCUT2D eigenvalue weighted by Gasteiger charge is 2.42. The summed E-state index contributed by atoms with van der Waals surface area (Å²) < 4.78 is 15.5. The highest BCUT2D eigenvalue weighted by atomic mass is 16.5. The second-order valence-electron chi connectivity index (χ2n) is 8.13. The van der Waals surface area contributed by atoms with Gasteiger partial charge in [-0.15, -0.1) is 0 Å². The number of anilines is 1. The van der Waals surface area contributed by atoms with Crippen molar-refractivity contribution in [3.05, 3.63) is 52.4 Å². The van der Waals surface area contributed by atoms with Crippen molar-refractivity contribution in [2.75, 3.05) is 25.1 Å². The van der Waals surface area contributed by atoms with Crippen LogP contribution in [0.15, 0.2) is 46.8 Å². The summed E-state index contributed by atoms with van der Waals surface area (Å²) in [6.45, 7) is 10.1. The van der Waals surface area contributed by atoms with Gasteiger partial charge in [-0.3, -0.25) is 9.59 Å². The van der Waals surface area contributed by atoms with E-state index in [1.54, 1.807) is 39.8 Å². The zero-order valence-corrected chi connectivity index (χ0v) is 21.2. The van der Waals surface area contributed by atoms with E-state index in [1.165, 1.54) is 0 Å². The maximum Gasteiger partial charge on any atom is 0.337 e. The first-order valence-corrected chi connectivity index (χ1v) is 11.7. The van der Waals surface area contributed by atoms with Crippen LogP contribution < -0.4 is 10.6 Å². The molecular formula is C26H34N2O7. The number of hydrogen-bond acceptors (Lipinski definition) is 8. The molecular weight excluding hydrogens is 452 g/mol. The Labute approximate surface area is 205 Å². The van der Waals surface area contributed by atoms with Crippen LogP contribution >= 0.6 is 0 Å². The summed E-state index contributed by atoms with van der Waals surface area (Å²) in [5.41, 5.74) is 2.18. The van der Waals surface area contributed by atoms with E-state index in [2.05, 4.69) is 24.5 Å². The maximum atomic E-state index is 13.2. The van der Waals surface area contributed by atoms with E-state index in [4.69, 9.17) is 14.2 Å². The molecule has 0 aliphatic carbocycles. The molecule has 0 saturated carbocycles. The molecule has 0 aromatic heterocycles. The molecule has 1 amide bonds. The average Bonchev–Trinajstić information content (AvgIpc) is 2.82. The van der Waals surface area contributed by atoms with Gasteiger partial charge in [0.1, 0.15) is 5.92 Å². The molecule has 9 heteroatoms. The van der Waals surface area contributed by atoms with E-state index < -0.39 is 36.3 Å². The third-order valence-corrected chi connectivity index (χ3v) is 5.71. The molecule has 1 aromatic carbocycles. The van der Waals surface area contributed by atoms with Gasteiger partial charge < -0.3 is 24.8 Å². The number of rotatable bonds is 10. The molecule has 9 nitrogen and oxygen atoms in total. The number of hydrogen-bond donors (Lipinski definition) is 2. The number of ether oxygens (including phenoxy) is 3. The van der Waals surface area contributed by atoms with Gasteiger partial charge >= 0.3 is 17.9 Å². The van der Waals surface area contributed by atoms with Gasteiger partial charge in [-0.2, -0.15) is 0 Å². The van der Waals surface area contributed by atoms with E-state index >= 15 is 0 Å². The van der Waals surface area contributed by atoms with Crippen LogP contribution in [-0.4, -0.2) is 43.6 Å². The van der Waals surface area contributed by atoms with E-state index in [0.717, 1.165) is 12.0 Å². The van der Waals surface area contributed by atoms with Crippen molar-refractivity contribution in [2.24, 2.45) is 5.92 Å². The molecule has 1 aliphatic rings. The van der Waals surface area contributed by atoms with E-state index in [1.807, 2.05) is 12.1 Å². The van der Waals surface area contributed by atoms with Crippen molar-refractivity contribution >= 4 is 29.5 Å². The molecule has 2 rings (SSSR count). The number of dihydropyridines is 1. The number of carbonyl (C=O) groups excluding carboxylic acids is 4. The van der Waals surface area contributed by atoms with E-state index in [-0.39, 0.29) is 30.3 Å². The quantitative estimate of drug-likeness (QED) is 0.380. The van der Waals surface area contributed by atoms with E-state index in [9.17, 15) is 19.2 Å². The third-order valence-electron chi connectivity index (χ3n) is 5.71. The molecule has 1 atom stereocenters. The summed E-state index contributed by atoms with van der Waals surface area (Å²) in [5.74, 6) is -4.17. The van der Waals surface area contributed by atoms with Crippen molar-refractivity contribution in [3.63, 3.8) is 0 Å². The van der Waals surface area contributed by atoms with Gasteiger partial charge in [0.25, 0.3) is 5.91 Å². The molecule has 0 saturated heterocycles. The molecule has 0 unspecified atom stereocenters. The Balaban J connectivity index is 2.27. The monoisotopic (exact) mass is 486 g/mol. The Morgan fingerprint density at radius 2 is 1.46 bits per heavy atom. The first-order valence-electron chi connectivity index (χ1n) is 11.7. The van der Waals surface area contributed by atoms with Crippen molar-refractivity contribution in [3.8, 4) is 0 Å². The van der Waals surface area contributed by atoms with Gasteiger partial charge in [0.05, 0.1) is 24.4 Å². The van der Waals surface area contributed by atoms with Crippen LogP contribution in [0.4, 0.5) is 5.69 Å². The number of amides is 1. The fraction of sp³-hybridized carbons (Fsp3) is 0.462. The number of nitrogens with one attached hydrogen (secondary N) is 2. The summed E-state index contributed by atoms with van der Waals surface area (Å²) >= 11 is 0. The minimum absolute atomic E-state index is 0.0620. The Kier molecular flexibility index (Phi) is 10.1. The predicted molar refractivity (Wildman–Crippen MR) is 130 cm³/mol. The Bertz CT molecular complexity index is 1000. The Morgan fingerprint density at radius 3 is 1.97 bits per heavy atom. The van der Waals surface area contributed by atoms with Gasteiger partial charge in [0, 0.05) is 17.1 Å². The largest absolute Gasteiger partial charge is 0.463 e. The SMILES string of the molecule is CCOC(=O)C1=C(C)NC(C)=C(C(=O)OCC)C1C(=O)OCC(=O)Nc1ccccc1[C@H](C)CC. The van der Waals surface area contributed by atoms with Crippen molar-refractivity contribution in [2.45, 2.75) is 53.9 Å². The lowest BCUT2D eigenvalue weighted by Gasteiger charge is -2.28. The second kappa shape index (κ2) is 12.7. The molecule has 2 N–H and O–H groups in total. The molecule has 190 valence electrons. The molecule has 1 heterocycles. The van der Waals surface area contributed by atoms with E-state index in [0.29, 0.717) is 17.1 Å². The predicted octanol–water partition coefficient (Wildman–Crippen LogP) is 3.58. The number of benzene rings is 1. The lowest BCUT2D eigenvalue weighted by Crippen LogP contribution is -2.39. The molecule has 0 fully saturated rings. The second-order valence-corrected chi connectivity index (χ2v) is 8.13. The third kappa shape index (κ3) is 6.71. The van der Waals surface area contributed by atoms with Crippen LogP contribution in [0, 0.1) is 5.92 Å². The van der Waals surface area contributed by atoms with Gasteiger partial charge in [0.2, 0.25) is 0 Å². The normalized spacial score (nSPS) is 14.7. The average molecular weight is 487 g/mol. The summed E-state index contributed by atoms with van der Waals surface area (Å²) in [6.07, 6.45) is 0.891. The molecule has 1 aliphatic heterocycles. The van der Waals surface area contributed by atoms with Crippen molar-refractivity contribution in [1.82, 2.24) is 5.32 Å². The van der Waals surface area contributed by atoms with Gasteiger partial charge in [-0.05, 0) is 51.7 Å². The standard InChI is InChI=1S/C26H34N2O7/c1-7-15(4)18-12-10-11-13-19(18)28-20(29)14-35-26(32)23-21(24(30)33-8-2)16(5)27-17(6)22(23)25(31)34-9-3/h10-13,15,23,27H,7-9,14H2,1-6H3,(H,28,29)/t15-/m1/s1. The Morgan fingerprint density at radius 1 is 0.914 bits per heavy atom. The topological polar surface area (TPSA) is 120 Å². The minimum Gasteiger partial charge on any atom is -0.463 e. The van der Waals surface area contributed by atoms with Crippen LogP contribution in [0.1, 0.15) is 59.4 Å². The van der Waals surface area contributed by atoms with Crippen LogP contribution in [0.5, 0.6) is 0 Å². The fourth-order valence-corrected chi connectivity index (χ4v) is 3.86. The number of carbonyl (C=O) groups is 4. The Hall–Kier alpha value is -3.62. The molecule has 0 spiro atoms.